The predicted octanol–water partition coefficient (Wildman–Crippen LogP) is 2.29. The second kappa shape index (κ2) is 5.00. The van der Waals surface area contributed by atoms with Crippen molar-refractivity contribution in [1.82, 2.24) is 0 Å². The van der Waals surface area contributed by atoms with Gasteiger partial charge in [0, 0.05) is 6.42 Å². The van der Waals surface area contributed by atoms with E-state index in [2.05, 4.69) is 15.9 Å². The van der Waals surface area contributed by atoms with E-state index in [0.29, 0.717) is 23.1 Å². The highest BCUT2D eigenvalue weighted by Gasteiger charge is 2.10. The van der Waals surface area contributed by atoms with Gasteiger partial charge >= 0.3 is 0 Å². The van der Waals surface area contributed by atoms with Crippen LogP contribution in [0.3, 0.4) is 0 Å². The first-order chi connectivity index (χ1) is 6.70. The molecule has 0 saturated carbocycles. The van der Waals surface area contributed by atoms with Crippen LogP contribution in [0.15, 0.2) is 16.6 Å². The number of carbonyl (C=O) groups is 1. The third-order valence-corrected chi connectivity index (χ3v) is 2.54. The smallest absolute Gasteiger partial charge is 0.172 e. The molecule has 0 spiro atoms. The first-order valence-corrected chi connectivity index (χ1v) is 4.98. The number of hydrogen-bond donors (Lipinski definition) is 1. The summed E-state index contributed by atoms with van der Waals surface area (Å²) in [5.41, 5.74) is 0.834. The van der Waals surface area contributed by atoms with Gasteiger partial charge in [0.15, 0.2) is 11.5 Å². The minimum Gasteiger partial charge on any atom is -0.503 e. The molecule has 0 atom stereocenters. The highest BCUT2D eigenvalue weighted by Crippen LogP contribution is 2.37. The van der Waals surface area contributed by atoms with Crippen LogP contribution in [0.25, 0.3) is 0 Å². The standard InChI is InChI=1S/C10H11BrO3/c1-14-10-7(3-2-6-12)4-5-8(11)9(10)13/h4-6,13H,2-3H2,1H3. The molecule has 0 aromatic heterocycles. The molecule has 3 nitrogen and oxygen atoms in total. The average Bonchev–Trinajstić information content (AvgIpc) is 2.20. The van der Waals surface area contributed by atoms with Crippen LogP contribution < -0.4 is 4.74 Å². The minimum absolute atomic E-state index is 0.0795. The molecule has 1 rings (SSSR count). The van der Waals surface area contributed by atoms with Gasteiger partial charge in [0.25, 0.3) is 0 Å². The SMILES string of the molecule is COc1c(CCC=O)ccc(Br)c1O. The van der Waals surface area contributed by atoms with Crippen molar-refractivity contribution in [3.8, 4) is 11.5 Å². The Morgan fingerprint density at radius 3 is 2.86 bits per heavy atom. The fourth-order valence-corrected chi connectivity index (χ4v) is 1.54. The number of ether oxygens (including phenoxy) is 1. The molecule has 0 aliphatic heterocycles. The zero-order valence-corrected chi connectivity index (χ0v) is 9.37. The maximum atomic E-state index is 10.2. The zero-order valence-electron chi connectivity index (χ0n) is 7.79. The average molecular weight is 259 g/mol. The van der Waals surface area contributed by atoms with Crippen LogP contribution in [0, 0.1) is 0 Å². The van der Waals surface area contributed by atoms with E-state index >= 15 is 0 Å². The number of methoxy groups -OCH3 is 1. The number of aromatic hydroxyl groups is 1. The molecule has 0 radical (unpaired) electrons. The van der Waals surface area contributed by atoms with Gasteiger partial charge in [0.1, 0.15) is 6.29 Å². The van der Waals surface area contributed by atoms with Crippen molar-refractivity contribution in [2.75, 3.05) is 7.11 Å². The maximum Gasteiger partial charge on any atom is 0.172 e. The Morgan fingerprint density at radius 1 is 1.57 bits per heavy atom. The second-order valence-electron chi connectivity index (χ2n) is 2.79. The summed E-state index contributed by atoms with van der Waals surface area (Å²) in [5, 5.41) is 9.62. The number of halogens is 1. The van der Waals surface area contributed by atoms with Gasteiger partial charge in [-0.3, -0.25) is 0 Å². The molecule has 0 heterocycles. The quantitative estimate of drug-likeness (QED) is 0.844. The van der Waals surface area contributed by atoms with Crippen LogP contribution in [0.2, 0.25) is 0 Å². The summed E-state index contributed by atoms with van der Waals surface area (Å²) in [6.07, 6.45) is 1.85. The van der Waals surface area contributed by atoms with Crippen LogP contribution in [0.5, 0.6) is 11.5 Å². The van der Waals surface area contributed by atoms with Crippen LogP contribution in [-0.2, 0) is 11.2 Å². The van der Waals surface area contributed by atoms with Crippen molar-refractivity contribution in [3.63, 3.8) is 0 Å². The fraction of sp³-hybridized carbons (Fsp3) is 0.300. The van der Waals surface area contributed by atoms with E-state index in [1.807, 2.05) is 6.07 Å². The first kappa shape index (κ1) is 11.0. The molecule has 1 N–H and O–H groups in total. The zero-order chi connectivity index (χ0) is 10.6. The maximum absolute atomic E-state index is 10.2. The Hall–Kier alpha value is -1.03. The molecule has 0 amide bonds. The topological polar surface area (TPSA) is 46.5 Å². The Bertz CT molecular complexity index is 336. The van der Waals surface area contributed by atoms with Gasteiger partial charge in [-0.25, -0.2) is 0 Å². The number of aryl methyl sites for hydroxylation is 1. The van der Waals surface area contributed by atoms with Gasteiger partial charge in [0.05, 0.1) is 11.6 Å². The third kappa shape index (κ3) is 2.26. The molecule has 0 unspecified atom stereocenters. The lowest BCUT2D eigenvalue weighted by Crippen LogP contribution is -1.93. The summed E-state index contributed by atoms with van der Waals surface area (Å²) in [6, 6.07) is 3.56. The Kier molecular flexibility index (Phi) is 3.95. The number of rotatable bonds is 4. The predicted molar refractivity (Wildman–Crippen MR) is 56.7 cm³/mol. The second-order valence-corrected chi connectivity index (χ2v) is 3.65. The largest absolute Gasteiger partial charge is 0.503 e. The molecule has 76 valence electrons. The van der Waals surface area contributed by atoms with Gasteiger partial charge in [-0.15, -0.1) is 0 Å². The molecule has 0 bridgehead atoms. The van der Waals surface area contributed by atoms with Crippen LogP contribution in [0.4, 0.5) is 0 Å². The number of hydrogen-bond acceptors (Lipinski definition) is 3. The molecule has 0 fully saturated rings. The molecule has 0 aliphatic carbocycles. The molecule has 0 aliphatic rings. The van der Waals surface area contributed by atoms with Crippen molar-refractivity contribution in [1.29, 1.82) is 0 Å². The lowest BCUT2D eigenvalue weighted by molar-refractivity contribution is -0.107. The van der Waals surface area contributed by atoms with E-state index in [0.717, 1.165) is 11.8 Å². The van der Waals surface area contributed by atoms with Crippen LogP contribution >= 0.6 is 15.9 Å². The van der Waals surface area contributed by atoms with Gasteiger partial charge in [0.2, 0.25) is 0 Å². The molecular formula is C10H11BrO3. The highest BCUT2D eigenvalue weighted by molar-refractivity contribution is 9.10. The van der Waals surface area contributed by atoms with Gasteiger partial charge in [-0.05, 0) is 34.0 Å². The Balaban J connectivity index is 3.03. The van der Waals surface area contributed by atoms with E-state index in [9.17, 15) is 9.90 Å². The summed E-state index contributed by atoms with van der Waals surface area (Å²) < 4.78 is 5.65. The van der Waals surface area contributed by atoms with Crippen LogP contribution in [0.1, 0.15) is 12.0 Å². The summed E-state index contributed by atoms with van der Waals surface area (Å²) in [4.78, 5) is 10.2. The summed E-state index contributed by atoms with van der Waals surface area (Å²) in [5.74, 6) is 0.511. The summed E-state index contributed by atoms with van der Waals surface area (Å²) >= 11 is 3.19. The van der Waals surface area contributed by atoms with E-state index in [-0.39, 0.29) is 5.75 Å². The van der Waals surface area contributed by atoms with E-state index < -0.39 is 0 Å². The van der Waals surface area contributed by atoms with Crippen molar-refractivity contribution in [3.05, 3.63) is 22.2 Å². The third-order valence-electron chi connectivity index (χ3n) is 1.90. The lowest BCUT2D eigenvalue weighted by atomic mass is 10.1. The van der Waals surface area contributed by atoms with Gasteiger partial charge in [-0.1, -0.05) is 6.07 Å². The molecule has 14 heavy (non-hydrogen) atoms. The van der Waals surface area contributed by atoms with Crippen molar-refractivity contribution >= 4 is 22.2 Å². The normalized spacial score (nSPS) is 9.86. The van der Waals surface area contributed by atoms with Gasteiger partial charge < -0.3 is 14.6 Å². The van der Waals surface area contributed by atoms with Crippen molar-refractivity contribution < 1.29 is 14.6 Å². The summed E-state index contributed by atoms with van der Waals surface area (Å²) in [6.45, 7) is 0. The van der Waals surface area contributed by atoms with E-state index in [1.165, 1.54) is 7.11 Å². The number of aldehydes is 1. The number of phenolic OH excluding ortho intramolecular Hbond substituents is 1. The molecular weight excluding hydrogens is 248 g/mol. The Labute approximate surface area is 90.8 Å². The minimum atomic E-state index is 0.0795. The van der Waals surface area contributed by atoms with E-state index in [4.69, 9.17) is 4.74 Å². The molecule has 4 heteroatoms. The first-order valence-electron chi connectivity index (χ1n) is 4.18. The number of benzene rings is 1. The fourth-order valence-electron chi connectivity index (χ4n) is 1.23. The lowest BCUT2D eigenvalue weighted by Gasteiger charge is -2.10. The van der Waals surface area contributed by atoms with Gasteiger partial charge in [-0.2, -0.15) is 0 Å². The van der Waals surface area contributed by atoms with Crippen molar-refractivity contribution in [2.24, 2.45) is 0 Å². The highest BCUT2D eigenvalue weighted by atomic mass is 79.9. The molecule has 1 aromatic carbocycles. The Morgan fingerprint density at radius 2 is 2.29 bits per heavy atom. The monoisotopic (exact) mass is 258 g/mol. The van der Waals surface area contributed by atoms with E-state index in [1.54, 1.807) is 6.07 Å². The molecule has 0 saturated heterocycles. The van der Waals surface area contributed by atoms with Crippen molar-refractivity contribution in [2.45, 2.75) is 12.8 Å². The number of carbonyl (C=O) groups excluding carboxylic acids is 1. The molecule has 1 aromatic rings. The number of phenols is 1. The van der Waals surface area contributed by atoms with Crippen LogP contribution in [-0.4, -0.2) is 18.5 Å². The summed E-state index contributed by atoms with van der Waals surface area (Å²) in [7, 11) is 1.49.